The molecule has 31 heavy (non-hydrogen) atoms. The predicted molar refractivity (Wildman–Crippen MR) is 121 cm³/mol. The highest BCUT2D eigenvalue weighted by molar-refractivity contribution is 6.42. The van der Waals surface area contributed by atoms with Gasteiger partial charge in [-0.25, -0.2) is 0 Å². The summed E-state index contributed by atoms with van der Waals surface area (Å²) in [5, 5.41) is 0.848. The Morgan fingerprint density at radius 2 is 1.52 bits per heavy atom. The molecule has 1 aromatic rings. The third kappa shape index (κ3) is 5.83. The second-order valence-corrected chi connectivity index (χ2v) is 9.34. The summed E-state index contributed by atoms with van der Waals surface area (Å²) >= 11 is 11.9. The molecule has 0 spiro atoms. The monoisotopic (exact) mass is 468 g/mol. The Hall–Kier alpha value is -1.54. The third-order valence-corrected chi connectivity index (χ3v) is 7.33. The van der Waals surface area contributed by atoms with Gasteiger partial charge in [0.05, 0.1) is 16.6 Å². The number of carbonyl (C=O) groups is 2. The van der Waals surface area contributed by atoms with Gasteiger partial charge in [-0.1, -0.05) is 29.6 Å². The fourth-order valence-electron chi connectivity index (χ4n) is 4.34. The molecule has 0 radical (unpaired) electrons. The first-order chi connectivity index (χ1) is 15.0. The Balaban J connectivity index is 1.15. The third-order valence-electron chi connectivity index (χ3n) is 6.60. The minimum atomic E-state index is -0.0656. The van der Waals surface area contributed by atoms with Gasteiger partial charge in [-0.15, -0.1) is 0 Å². The van der Waals surface area contributed by atoms with E-state index in [1.807, 2.05) is 4.90 Å². The summed E-state index contributed by atoms with van der Waals surface area (Å²) in [5.41, 5.74) is 0. The number of hydrogen-bond acceptors (Lipinski definition) is 5. The van der Waals surface area contributed by atoms with Crippen LogP contribution in [0.15, 0.2) is 18.2 Å². The Morgan fingerprint density at radius 3 is 2.13 bits per heavy atom. The van der Waals surface area contributed by atoms with Crippen molar-refractivity contribution >= 4 is 35.0 Å². The van der Waals surface area contributed by atoms with Gasteiger partial charge in [0.1, 0.15) is 5.75 Å². The number of hydrogen-bond donors (Lipinski definition) is 0. The number of halogens is 2. The SMILES string of the molecule is O=C(COc1ccc(Cl)c(Cl)c1)N1CCN(CC(=O)N2CCN(C3CCC3)CC2)CC1. The van der Waals surface area contributed by atoms with Gasteiger partial charge >= 0.3 is 0 Å². The predicted octanol–water partition coefficient (Wildman–Crippen LogP) is 2.21. The van der Waals surface area contributed by atoms with Crippen molar-refractivity contribution in [1.82, 2.24) is 19.6 Å². The van der Waals surface area contributed by atoms with Crippen LogP contribution in [0.25, 0.3) is 0 Å². The number of carbonyl (C=O) groups excluding carboxylic acids is 2. The van der Waals surface area contributed by atoms with Crippen molar-refractivity contribution in [1.29, 1.82) is 0 Å². The molecule has 0 atom stereocenters. The minimum Gasteiger partial charge on any atom is -0.484 e. The van der Waals surface area contributed by atoms with Gasteiger partial charge in [-0.3, -0.25) is 19.4 Å². The van der Waals surface area contributed by atoms with Gasteiger partial charge in [0.25, 0.3) is 5.91 Å². The van der Waals surface area contributed by atoms with Crippen LogP contribution in [0, 0.1) is 0 Å². The molecule has 1 aliphatic carbocycles. The van der Waals surface area contributed by atoms with Crippen molar-refractivity contribution < 1.29 is 14.3 Å². The van der Waals surface area contributed by atoms with E-state index in [0.29, 0.717) is 48.5 Å². The number of amides is 2. The van der Waals surface area contributed by atoms with Crippen molar-refractivity contribution in [3.8, 4) is 5.75 Å². The van der Waals surface area contributed by atoms with E-state index in [1.54, 1.807) is 23.1 Å². The van der Waals surface area contributed by atoms with Gasteiger partial charge in [0.2, 0.25) is 5.91 Å². The summed E-state index contributed by atoms with van der Waals surface area (Å²) in [6.45, 7) is 6.67. The smallest absolute Gasteiger partial charge is 0.260 e. The van der Waals surface area contributed by atoms with Crippen LogP contribution in [0.5, 0.6) is 5.75 Å². The van der Waals surface area contributed by atoms with Crippen LogP contribution in [0.2, 0.25) is 10.0 Å². The van der Waals surface area contributed by atoms with Crippen molar-refractivity contribution in [2.45, 2.75) is 25.3 Å². The molecule has 3 fully saturated rings. The molecule has 4 rings (SSSR count). The Labute approximate surface area is 193 Å². The van der Waals surface area contributed by atoms with Crippen molar-refractivity contribution in [3.05, 3.63) is 28.2 Å². The molecule has 2 amide bonds. The van der Waals surface area contributed by atoms with E-state index in [0.717, 1.165) is 32.2 Å². The van der Waals surface area contributed by atoms with Crippen molar-refractivity contribution in [3.63, 3.8) is 0 Å². The summed E-state index contributed by atoms with van der Waals surface area (Å²) in [4.78, 5) is 33.6. The summed E-state index contributed by atoms with van der Waals surface area (Å²) in [6, 6.07) is 5.69. The first-order valence-electron chi connectivity index (χ1n) is 11.1. The zero-order valence-electron chi connectivity index (χ0n) is 17.8. The van der Waals surface area contributed by atoms with Crippen molar-refractivity contribution in [2.24, 2.45) is 0 Å². The van der Waals surface area contributed by atoms with Crippen molar-refractivity contribution in [2.75, 3.05) is 65.5 Å². The zero-order valence-corrected chi connectivity index (χ0v) is 19.3. The topological polar surface area (TPSA) is 56.3 Å². The first kappa shape index (κ1) is 22.6. The van der Waals surface area contributed by atoms with Crippen LogP contribution in [0.1, 0.15) is 19.3 Å². The van der Waals surface area contributed by atoms with E-state index in [9.17, 15) is 9.59 Å². The molecule has 2 heterocycles. The highest BCUT2D eigenvalue weighted by Crippen LogP contribution is 2.27. The summed E-state index contributed by atoms with van der Waals surface area (Å²) in [6.07, 6.45) is 3.98. The lowest BCUT2D eigenvalue weighted by atomic mass is 9.91. The molecule has 1 saturated carbocycles. The largest absolute Gasteiger partial charge is 0.484 e. The fraction of sp³-hybridized carbons (Fsp3) is 0.636. The standard InChI is InChI=1S/C22H30Cl2N4O3/c23-19-5-4-18(14-20(19)24)31-16-22(30)28-8-6-25(7-9-28)15-21(29)27-12-10-26(11-13-27)17-2-1-3-17/h4-5,14,17H,1-3,6-13,15-16H2. The van der Waals surface area contributed by atoms with Gasteiger partial charge in [-0.2, -0.15) is 0 Å². The molecule has 1 aromatic carbocycles. The molecule has 3 aliphatic rings. The molecule has 0 N–H and O–H groups in total. The quantitative estimate of drug-likeness (QED) is 0.640. The molecule has 2 aliphatic heterocycles. The van der Waals surface area contributed by atoms with E-state index in [2.05, 4.69) is 9.80 Å². The van der Waals surface area contributed by atoms with Crippen LogP contribution in [0.3, 0.4) is 0 Å². The molecule has 2 saturated heterocycles. The molecular weight excluding hydrogens is 439 g/mol. The van der Waals surface area contributed by atoms with E-state index in [1.165, 1.54) is 19.3 Å². The molecule has 0 unspecified atom stereocenters. The highest BCUT2D eigenvalue weighted by atomic mass is 35.5. The second kappa shape index (κ2) is 10.4. The zero-order chi connectivity index (χ0) is 21.8. The normalized spacial score (nSPS) is 21.1. The number of ether oxygens (including phenoxy) is 1. The van der Waals surface area contributed by atoms with Gasteiger partial charge < -0.3 is 14.5 Å². The van der Waals surface area contributed by atoms with E-state index in [-0.39, 0.29) is 18.4 Å². The molecule has 7 nitrogen and oxygen atoms in total. The van der Waals surface area contributed by atoms with E-state index >= 15 is 0 Å². The summed E-state index contributed by atoms with van der Waals surface area (Å²) in [5.74, 6) is 0.657. The lowest BCUT2D eigenvalue weighted by molar-refractivity contribution is -0.137. The second-order valence-electron chi connectivity index (χ2n) is 8.52. The van der Waals surface area contributed by atoms with Crippen LogP contribution in [-0.2, 0) is 9.59 Å². The molecule has 170 valence electrons. The molecule has 0 bridgehead atoms. The highest BCUT2D eigenvalue weighted by Gasteiger charge is 2.30. The maximum Gasteiger partial charge on any atom is 0.260 e. The van der Waals surface area contributed by atoms with E-state index in [4.69, 9.17) is 27.9 Å². The minimum absolute atomic E-state index is 0.0395. The van der Waals surface area contributed by atoms with Crippen LogP contribution < -0.4 is 4.74 Å². The molecular formula is C22H30Cl2N4O3. The molecule has 9 heteroatoms. The number of rotatable bonds is 6. The maximum absolute atomic E-state index is 12.7. The van der Waals surface area contributed by atoms with E-state index < -0.39 is 0 Å². The lowest BCUT2D eigenvalue weighted by Crippen LogP contribution is -2.56. The number of benzene rings is 1. The van der Waals surface area contributed by atoms with Gasteiger partial charge in [0, 0.05) is 64.5 Å². The molecule has 0 aromatic heterocycles. The summed E-state index contributed by atoms with van der Waals surface area (Å²) < 4.78 is 5.55. The van der Waals surface area contributed by atoms with Crippen LogP contribution >= 0.6 is 23.2 Å². The maximum atomic E-state index is 12.7. The Bertz CT molecular complexity index is 789. The fourth-order valence-corrected chi connectivity index (χ4v) is 4.63. The Morgan fingerprint density at radius 1 is 0.871 bits per heavy atom. The van der Waals surface area contributed by atoms with Crippen LogP contribution in [0.4, 0.5) is 0 Å². The van der Waals surface area contributed by atoms with Gasteiger partial charge in [0.15, 0.2) is 6.61 Å². The van der Waals surface area contributed by atoms with Crippen LogP contribution in [-0.4, -0.2) is 103 Å². The average molecular weight is 469 g/mol. The summed E-state index contributed by atoms with van der Waals surface area (Å²) in [7, 11) is 0. The number of piperazine rings is 2. The average Bonchev–Trinajstić information content (AvgIpc) is 2.74. The van der Waals surface area contributed by atoms with Gasteiger partial charge in [-0.05, 0) is 25.0 Å². The number of nitrogens with zero attached hydrogens (tertiary/aromatic N) is 4. The Kier molecular flexibility index (Phi) is 7.59. The first-order valence-corrected chi connectivity index (χ1v) is 11.8. The lowest BCUT2D eigenvalue weighted by Gasteiger charge is -2.43.